The summed E-state index contributed by atoms with van der Waals surface area (Å²) < 4.78 is 0. The Hall–Kier alpha value is -2.66. The number of aliphatic hydroxyl groups is 2. The van der Waals surface area contributed by atoms with Crippen molar-refractivity contribution in [3.05, 3.63) is 58.7 Å². The van der Waals surface area contributed by atoms with Crippen molar-refractivity contribution in [1.29, 1.82) is 0 Å². The van der Waals surface area contributed by atoms with E-state index in [4.69, 9.17) is 0 Å². The first-order chi connectivity index (χ1) is 16.6. The summed E-state index contributed by atoms with van der Waals surface area (Å²) in [5.41, 5.74) is 2.02. The SMILES string of the molecule is C.CC[C@H](C(=O)O)N(CCN(Cc1ccc(CO)cc1O)C(C)C(=O)O)Cc1cc(CO)ccc1O.[Fe]. The van der Waals surface area contributed by atoms with Crippen LogP contribution in [0.5, 0.6) is 11.5 Å². The number of rotatable bonds is 14. The number of carboxylic acids is 2. The molecule has 10 nitrogen and oxygen atoms in total. The topological polar surface area (TPSA) is 162 Å². The van der Waals surface area contributed by atoms with E-state index in [-0.39, 0.29) is 81.8 Å². The number of hydrogen-bond acceptors (Lipinski definition) is 8. The second-order valence-corrected chi connectivity index (χ2v) is 8.46. The van der Waals surface area contributed by atoms with Gasteiger partial charge in [0, 0.05) is 54.4 Å². The molecule has 0 radical (unpaired) electrons. The number of carboxylic acid groups (broad SMARTS) is 2. The van der Waals surface area contributed by atoms with Gasteiger partial charge in [0.05, 0.1) is 13.2 Å². The molecule has 0 amide bonds. The molecule has 0 aromatic heterocycles. The number of benzene rings is 2. The molecule has 208 valence electrons. The van der Waals surface area contributed by atoms with Crippen LogP contribution >= 0.6 is 0 Å². The van der Waals surface area contributed by atoms with Crippen molar-refractivity contribution in [3.8, 4) is 11.5 Å². The third-order valence-electron chi connectivity index (χ3n) is 6.10. The largest absolute Gasteiger partial charge is 0.508 e. The van der Waals surface area contributed by atoms with Crippen LogP contribution in [0.1, 0.15) is 49.9 Å². The smallest absolute Gasteiger partial charge is 0.320 e. The Balaban J connectivity index is 0.00000648. The summed E-state index contributed by atoms with van der Waals surface area (Å²) >= 11 is 0. The predicted octanol–water partition coefficient (Wildman–Crippen LogP) is 2.36. The molecular formula is C26H38FeN2O8. The Bertz CT molecular complexity index is 1020. The first-order valence-corrected chi connectivity index (χ1v) is 11.4. The molecule has 2 aromatic carbocycles. The molecule has 2 atom stereocenters. The fourth-order valence-electron chi connectivity index (χ4n) is 3.90. The third-order valence-corrected chi connectivity index (χ3v) is 6.10. The summed E-state index contributed by atoms with van der Waals surface area (Å²) in [4.78, 5) is 27.0. The van der Waals surface area contributed by atoms with Gasteiger partial charge in [-0.15, -0.1) is 0 Å². The number of aliphatic hydroxyl groups excluding tert-OH is 2. The van der Waals surface area contributed by atoms with E-state index in [2.05, 4.69) is 0 Å². The zero-order valence-corrected chi connectivity index (χ0v) is 21.4. The number of phenolic OH excluding ortho intramolecular Hbond substituents is 2. The molecule has 2 rings (SSSR count). The van der Waals surface area contributed by atoms with Crippen LogP contribution in [0.2, 0.25) is 0 Å². The van der Waals surface area contributed by atoms with Crippen molar-refractivity contribution in [2.24, 2.45) is 0 Å². The Labute approximate surface area is 228 Å². The van der Waals surface area contributed by atoms with Crippen LogP contribution < -0.4 is 0 Å². The number of hydrogen-bond donors (Lipinski definition) is 6. The van der Waals surface area contributed by atoms with Crippen LogP contribution in [0.4, 0.5) is 0 Å². The van der Waals surface area contributed by atoms with Gasteiger partial charge in [-0.2, -0.15) is 0 Å². The average molecular weight is 562 g/mol. The second-order valence-electron chi connectivity index (χ2n) is 8.46. The van der Waals surface area contributed by atoms with Gasteiger partial charge in [0.1, 0.15) is 23.6 Å². The molecule has 6 N–H and O–H groups in total. The standard InChI is InChI=1S/C25H34N2O8.CH4.Fe/c1-3-21(25(34)35)27(13-20-10-17(14-28)5-7-22(20)30)9-8-26(16(2)24(32)33)12-19-6-4-18(15-29)11-23(19)31;;/h4-7,10-11,16,21,28-31H,3,8-9,12-15H2,1-2H3,(H,32,33)(H,34,35);1H4;/t16?,21-;;/m1../s1. The maximum Gasteiger partial charge on any atom is 0.320 e. The molecule has 0 spiro atoms. The van der Waals surface area contributed by atoms with E-state index in [1.165, 1.54) is 19.1 Å². The molecule has 0 saturated heterocycles. The van der Waals surface area contributed by atoms with Gasteiger partial charge in [0.25, 0.3) is 0 Å². The molecule has 37 heavy (non-hydrogen) atoms. The van der Waals surface area contributed by atoms with Crippen molar-refractivity contribution < 1.29 is 57.3 Å². The zero-order valence-electron chi connectivity index (χ0n) is 20.3. The van der Waals surface area contributed by atoms with Gasteiger partial charge in [0.2, 0.25) is 0 Å². The van der Waals surface area contributed by atoms with Gasteiger partial charge >= 0.3 is 11.9 Å². The van der Waals surface area contributed by atoms with Gasteiger partial charge in [-0.25, -0.2) is 0 Å². The molecule has 0 bridgehead atoms. The minimum absolute atomic E-state index is 0. The maximum atomic E-state index is 11.9. The molecule has 0 saturated carbocycles. The van der Waals surface area contributed by atoms with Crippen LogP contribution in [0.3, 0.4) is 0 Å². The van der Waals surface area contributed by atoms with E-state index >= 15 is 0 Å². The summed E-state index contributed by atoms with van der Waals surface area (Å²) in [7, 11) is 0. The maximum absolute atomic E-state index is 11.9. The number of aromatic hydroxyl groups is 2. The van der Waals surface area contributed by atoms with E-state index in [0.717, 1.165) is 0 Å². The van der Waals surface area contributed by atoms with E-state index < -0.39 is 24.0 Å². The summed E-state index contributed by atoms with van der Waals surface area (Å²) in [6.07, 6.45) is 0.285. The fourth-order valence-corrected chi connectivity index (χ4v) is 3.90. The van der Waals surface area contributed by atoms with Crippen LogP contribution in [0.25, 0.3) is 0 Å². The summed E-state index contributed by atoms with van der Waals surface area (Å²) in [6, 6.07) is 7.48. The normalized spacial score (nSPS) is 12.5. The van der Waals surface area contributed by atoms with E-state index in [1.807, 2.05) is 0 Å². The Morgan fingerprint density at radius 3 is 1.86 bits per heavy atom. The number of aliphatic carboxylic acids is 2. The first-order valence-electron chi connectivity index (χ1n) is 11.4. The minimum Gasteiger partial charge on any atom is -0.508 e. The summed E-state index contributed by atoms with van der Waals surface area (Å²) in [6.45, 7) is 3.27. The molecular weight excluding hydrogens is 524 g/mol. The molecule has 0 aliphatic carbocycles. The van der Waals surface area contributed by atoms with Crippen molar-refractivity contribution >= 4 is 11.9 Å². The Morgan fingerprint density at radius 1 is 0.811 bits per heavy atom. The van der Waals surface area contributed by atoms with Gasteiger partial charge < -0.3 is 30.6 Å². The molecule has 11 heteroatoms. The molecule has 0 fully saturated rings. The number of carbonyl (C=O) groups is 2. The molecule has 1 unspecified atom stereocenters. The van der Waals surface area contributed by atoms with Gasteiger partial charge in [0.15, 0.2) is 0 Å². The zero-order chi connectivity index (χ0) is 26.1. The van der Waals surface area contributed by atoms with Crippen LogP contribution in [-0.4, -0.2) is 77.6 Å². The van der Waals surface area contributed by atoms with Crippen LogP contribution in [0.15, 0.2) is 36.4 Å². The van der Waals surface area contributed by atoms with E-state index in [9.17, 15) is 40.2 Å². The van der Waals surface area contributed by atoms with Gasteiger partial charge in [-0.3, -0.25) is 19.4 Å². The predicted molar refractivity (Wildman–Crippen MR) is 134 cm³/mol. The summed E-state index contributed by atoms with van der Waals surface area (Å²) in [5, 5.41) is 58.7. The van der Waals surface area contributed by atoms with Crippen molar-refractivity contribution in [3.63, 3.8) is 0 Å². The monoisotopic (exact) mass is 562 g/mol. The van der Waals surface area contributed by atoms with Gasteiger partial charge in [-0.1, -0.05) is 32.5 Å². The minimum atomic E-state index is -1.07. The van der Waals surface area contributed by atoms with Crippen molar-refractivity contribution in [2.75, 3.05) is 13.1 Å². The van der Waals surface area contributed by atoms with E-state index in [0.29, 0.717) is 22.3 Å². The Morgan fingerprint density at radius 2 is 1.35 bits per heavy atom. The second kappa shape index (κ2) is 16.2. The number of nitrogens with zero attached hydrogens (tertiary/aromatic N) is 2. The van der Waals surface area contributed by atoms with Crippen LogP contribution in [0, 0.1) is 0 Å². The fraction of sp³-hybridized carbons (Fsp3) is 0.462. The van der Waals surface area contributed by atoms with Crippen molar-refractivity contribution in [1.82, 2.24) is 9.80 Å². The Kier molecular flexibility index (Phi) is 15.1. The van der Waals surface area contributed by atoms with Gasteiger partial charge in [-0.05, 0) is 42.7 Å². The van der Waals surface area contributed by atoms with Crippen LogP contribution in [-0.2, 0) is 53.0 Å². The van der Waals surface area contributed by atoms with Crippen molar-refractivity contribution in [2.45, 2.75) is 66.1 Å². The molecule has 2 aromatic rings. The quantitative estimate of drug-likeness (QED) is 0.189. The average Bonchev–Trinajstić information content (AvgIpc) is 2.83. The number of phenols is 2. The molecule has 0 aliphatic rings. The summed E-state index contributed by atoms with van der Waals surface area (Å²) in [5.74, 6) is -2.21. The van der Waals surface area contributed by atoms with E-state index in [1.54, 1.807) is 41.0 Å². The molecule has 0 aliphatic heterocycles. The first kappa shape index (κ1) is 34.3. The molecule has 0 heterocycles. The third kappa shape index (κ3) is 9.62.